The van der Waals surface area contributed by atoms with E-state index in [0.717, 1.165) is 6.42 Å². The quantitative estimate of drug-likeness (QED) is 0.725. The number of piperazine rings is 1. The number of nitrogens with zero attached hydrogens (tertiary/aromatic N) is 4. The van der Waals surface area contributed by atoms with E-state index in [2.05, 4.69) is 11.0 Å². The van der Waals surface area contributed by atoms with E-state index in [-0.39, 0.29) is 23.8 Å². The lowest BCUT2D eigenvalue weighted by molar-refractivity contribution is -0.137. The van der Waals surface area contributed by atoms with Crippen molar-refractivity contribution in [1.82, 2.24) is 14.7 Å². The highest BCUT2D eigenvalue weighted by atomic mass is 35.5. The fourth-order valence-electron chi connectivity index (χ4n) is 4.17. The van der Waals surface area contributed by atoms with Gasteiger partial charge in [-0.25, -0.2) is 0 Å². The summed E-state index contributed by atoms with van der Waals surface area (Å²) >= 11 is 12.2. The van der Waals surface area contributed by atoms with Crippen molar-refractivity contribution in [1.29, 1.82) is 5.26 Å². The van der Waals surface area contributed by atoms with Crippen LogP contribution in [0.4, 0.5) is 0 Å². The Hall–Kier alpha value is -1.81. The van der Waals surface area contributed by atoms with Crippen molar-refractivity contribution < 1.29 is 9.59 Å². The van der Waals surface area contributed by atoms with E-state index in [1.165, 1.54) is 0 Å². The Morgan fingerprint density at radius 3 is 2.45 bits per heavy atom. The predicted octanol–water partition coefficient (Wildman–Crippen LogP) is 3.29. The minimum absolute atomic E-state index is 0.0216. The summed E-state index contributed by atoms with van der Waals surface area (Å²) in [5.41, 5.74) is 0.331. The number of benzene rings is 1. The van der Waals surface area contributed by atoms with E-state index in [1.807, 2.05) is 18.7 Å². The Labute approximate surface area is 181 Å². The molecule has 2 aliphatic heterocycles. The third-order valence-electron chi connectivity index (χ3n) is 5.74. The lowest BCUT2D eigenvalue weighted by Crippen LogP contribution is -2.56. The van der Waals surface area contributed by atoms with Crippen LogP contribution in [-0.2, 0) is 4.79 Å². The highest BCUT2D eigenvalue weighted by Crippen LogP contribution is 2.27. The van der Waals surface area contributed by atoms with Gasteiger partial charge in [0.15, 0.2) is 0 Å². The third kappa shape index (κ3) is 4.69. The van der Waals surface area contributed by atoms with Gasteiger partial charge in [0.1, 0.15) is 12.1 Å². The summed E-state index contributed by atoms with van der Waals surface area (Å²) in [6, 6.07) is 6.55. The fourth-order valence-corrected chi connectivity index (χ4v) is 4.54. The summed E-state index contributed by atoms with van der Waals surface area (Å²) in [5, 5.41) is 10.2. The molecule has 156 valence electrons. The number of halogens is 2. The van der Waals surface area contributed by atoms with Crippen LogP contribution in [0.25, 0.3) is 0 Å². The molecule has 2 fully saturated rings. The average molecular weight is 437 g/mol. The molecule has 2 saturated heterocycles. The van der Waals surface area contributed by atoms with Gasteiger partial charge in [0.2, 0.25) is 5.91 Å². The molecule has 1 aromatic carbocycles. The zero-order valence-electron chi connectivity index (χ0n) is 16.8. The maximum Gasteiger partial charge on any atom is 0.256 e. The molecule has 2 heterocycles. The van der Waals surface area contributed by atoms with Crippen LogP contribution in [-0.4, -0.2) is 71.3 Å². The average Bonchev–Trinajstić information content (AvgIpc) is 3.19. The summed E-state index contributed by atoms with van der Waals surface area (Å²) in [6.45, 7) is 7.08. The normalized spacial score (nSPS) is 21.3. The molecule has 2 aliphatic rings. The molecule has 0 aliphatic carbocycles. The maximum absolute atomic E-state index is 13.2. The molecule has 8 heteroatoms. The zero-order chi connectivity index (χ0) is 21.1. The van der Waals surface area contributed by atoms with Crippen LogP contribution < -0.4 is 0 Å². The molecular formula is C21H26Cl2N4O2. The van der Waals surface area contributed by atoms with Gasteiger partial charge in [-0.2, -0.15) is 5.26 Å². The van der Waals surface area contributed by atoms with Crippen molar-refractivity contribution >= 4 is 35.0 Å². The number of rotatable bonds is 4. The van der Waals surface area contributed by atoms with Gasteiger partial charge in [-0.05, 0) is 37.0 Å². The smallest absolute Gasteiger partial charge is 0.256 e. The highest BCUT2D eigenvalue weighted by molar-refractivity contribution is 6.35. The number of carbonyl (C=O) groups excluding carboxylic acids is 2. The van der Waals surface area contributed by atoms with Crippen LogP contribution >= 0.6 is 23.2 Å². The number of carbonyl (C=O) groups is 2. The maximum atomic E-state index is 13.2. The van der Waals surface area contributed by atoms with E-state index in [0.29, 0.717) is 54.8 Å². The Morgan fingerprint density at radius 1 is 1.14 bits per heavy atom. The number of likely N-dealkylation sites (tertiary alicyclic amines) is 1. The van der Waals surface area contributed by atoms with Crippen molar-refractivity contribution in [3.63, 3.8) is 0 Å². The van der Waals surface area contributed by atoms with Crippen LogP contribution in [0, 0.1) is 17.2 Å². The summed E-state index contributed by atoms with van der Waals surface area (Å²) in [4.78, 5) is 31.8. The van der Waals surface area contributed by atoms with E-state index in [4.69, 9.17) is 23.2 Å². The topological polar surface area (TPSA) is 67.7 Å². The number of hydrogen-bond donors (Lipinski definition) is 0. The van der Waals surface area contributed by atoms with Gasteiger partial charge in [0, 0.05) is 37.7 Å². The highest BCUT2D eigenvalue weighted by Gasteiger charge is 2.38. The van der Waals surface area contributed by atoms with Crippen LogP contribution in [0.3, 0.4) is 0 Å². The first-order valence-corrected chi connectivity index (χ1v) is 10.8. The number of amides is 2. The molecule has 0 aromatic heterocycles. The molecule has 3 rings (SSSR count). The minimum Gasteiger partial charge on any atom is -0.338 e. The van der Waals surface area contributed by atoms with Crippen molar-refractivity contribution in [2.75, 3.05) is 32.7 Å². The van der Waals surface area contributed by atoms with Gasteiger partial charge >= 0.3 is 0 Å². The fraction of sp³-hybridized carbons (Fsp3) is 0.571. The lowest BCUT2D eigenvalue weighted by Gasteiger charge is -2.39. The van der Waals surface area contributed by atoms with Gasteiger partial charge in [-0.3, -0.25) is 14.5 Å². The van der Waals surface area contributed by atoms with E-state index in [9.17, 15) is 14.9 Å². The molecule has 0 bridgehead atoms. The summed E-state index contributed by atoms with van der Waals surface area (Å²) in [6.07, 6.45) is 1.43. The van der Waals surface area contributed by atoms with Crippen molar-refractivity contribution in [3.05, 3.63) is 33.8 Å². The zero-order valence-corrected chi connectivity index (χ0v) is 18.3. The molecule has 29 heavy (non-hydrogen) atoms. The molecule has 0 N–H and O–H groups in total. The van der Waals surface area contributed by atoms with Gasteiger partial charge in [0.05, 0.1) is 16.7 Å². The van der Waals surface area contributed by atoms with Crippen molar-refractivity contribution in [3.8, 4) is 6.07 Å². The minimum atomic E-state index is -0.471. The van der Waals surface area contributed by atoms with Crippen molar-refractivity contribution in [2.24, 2.45) is 5.92 Å². The molecule has 2 amide bonds. The molecule has 0 saturated carbocycles. The molecule has 0 radical (unpaired) electrons. The van der Waals surface area contributed by atoms with Crippen LogP contribution in [0.2, 0.25) is 10.0 Å². The number of nitriles is 1. The lowest BCUT2D eigenvalue weighted by atomic mass is 10.0. The Kier molecular flexibility index (Phi) is 7.05. The Balaban J connectivity index is 1.67. The second-order valence-electron chi connectivity index (χ2n) is 7.96. The summed E-state index contributed by atoms with van der Waals surface area (Å²) in [7, 11) is 0. The monoisotopic (exact) mass is 436 g/mol. The molecule has 2 atom stereocenters. The molecule has 2 unspecified atom stereocenters. The molecule has 6 nitrogen and oxygen atoms in total. The van der Waals surface area contributed by atoms with Gasteiger partial charge in [-0.1, -0.05) is 37.0 Å². The van der Waals surface area contributed by atoms with E-state index in [1.54, 1.807) is 23.1 Å². The predicted molar refractivity (Wildman–Crippen MR) is 113 cm³/mol. The van der Waals surface area contributed by atoms with Gasteiger partial charge in [0.25, 0.3) is 5.91 Å². The first kappa shape index (κ1) is 21.9. The Morgan fingerprint density at radius 2 is 1.83 bits per heavy atom. The van der Waals surface area contributed by atoms with E-state index < -0.39 is 6.04 Å². The third-order valence-corrected chi connectivity index (χ3v) is 6.31. The Bertz CT molecular complexity index is 815. The summed E-state index contributed by atoms with van der Waals surface area (Å²) < 4.78 is 0. The second-order valence-corrected chi connectivity index (χ2v) is 8.80. The first-order chi connectivity index (χ1) is 13.8. The van der Waals surface area contributed by atoms with Crippen LogP contribution in [0.15, 0.2) is 18.2 Å². The first-order valence-electron chi connectivity index (χ1n) is 10.0. The van der Waals surface area contributed by atoms with Crippen LogP contribution in [0.5, 0.6) is 0 Å². The van der Waals surface area contributed by atoms with Gasteiger partial charge in [-0.15, -0.1) is 0 Å². The van der Waals surface area contributed by atoms with Gasteiger partial charge < -0.3 is 9.80 Å². The molecule has 0 spiro atoms. The molecular weight excluding hydrogens is 411 g/mol. The summed E-state index contributed by atoms with van der Waals surface area (Å²) in [5.74, 6) is -0.0318. The van der Waals surface area contributed by atoms with Crippen LogP contribution in [0.1, 0.15) is 37.0 Å². The van der Waals surface area contributed by atoms with Crippen molar-refractivity contribution in [2.45, 2.75) is 38.8 Å². The van der Waals surface area contributed by atoms with E-state index >= 15 is 0 Å². The second kappa shape index (κ2) is 9.34. The standard InChI is InChI=1S/C21H26Cl2N4O2/c1-14(2)19(13-24)25-8-10-26(11-9-25)21(29)18-4-3-7-27(18)20(28)16-12-15(22)5-6-17(16)23/h5-6,12,14,18-19H,3-4,7-11H2,1-2H3. The largest absolute Gasteiger partial charge is 0.338 e. The molecule has 1 aromatic rings. The SMILES string of the molecule is CC(C)C(C#N)N1CCN(C(=O)C2CCCN2C(=O)c2cc(Cl)ccc2Cl)CC1. The number of hydrogen-bond acceptors (Lipinski definition) is 4.